The number of aliphatic imine (C=N–C) groups is 1. The number of rotatable bonds is 6. The van der Waals surface area contributed by atoms with E-state index in [2.05, 4.69) is 27.5 Å². The van der Waals surface area contributed by atoms with Gasteiger partial charge in [-0.2, -0.15) is 0 Å². The van der Waals surface area contributed by atoms with Crippen molar-refractivity contribution in [2.75, 3.05) is 20.7 Å². The molecule has 0 radical (unpaired) electrons. The Morgan fingerprint density at radius 2 is 1.92 bits per heavy atom. The number of hydrogen-bond acceptors (Lipinski definition) is 4. The highest BCUT2D eigenvalue weighted by molar-refractivity contribution is 14.0. The summed E-state index contributed by atoms with van der Waals surface area (Å²) in [5, 5.41) is 6.45. The van der Waals surface area contributed by atoms with E-state index in [0.29, 0.717) is 24.9 Å². The zero-order chi connectivity index (χ0) is 17.6. The lowest BCUT2D eigenvalue weighted by molar-refractivity contribution is 0.0268. The zero-order valence-electron chi connectivity index (χ0n) is 15.4. The van der Waals surface area contributed by atoms with Crippen LogP contribution in [0.25, 0.3) is 11.5 Å². The SMILES string of the molecule is CN=C(NCc1coc(-c2ccc(C)cc2)n1)NCC(C)(C)OC.I. The molecule has 0 unspecified atom stereocenters. The molecule has 0 aliphatic carbocycles. The molecule has 0 spiro atoms. The summed E-state index contributed by atoms with van der Waals surface area (Å²) in [5.74, 6) is 1.32. The fourth-order valence-electron chi connectivity index (χ4n) is 1.98. The van der Waals surface area contributed by atoms with Crippen molar-refractivity contribution in [2.45, 2.75) is 32.9 Å². The van der Waals surface area contributed by atoms with Crippen molar-refractivity contribution in [2.24, 2.45) is 4.99 Å². The molecule has 1 aromatic heterocycles. The second kappa shape index (κ2) is 9.76. The molecular weight excluding hydrogens is 431 g/mol. The minimum absolute atomic E-state index is 0. The molecule has 2 N–H and O–H groups in total. The number of oxazole rings is 1. The topological polar surface area (TPSA) is 71.7 Å². The van der Waals surface area contributed by atoms with E-state index in [-0.39, 0.29) is 29.6 Å². The molecule has 2 rings (SSSR count). The van der Waals surface area contributed by atoms with Crippen LogP contribution in [0.3, 0.4) is 0 Å². The van der Waals surface area contributed by atoms with Gasteiger partial charge in [0.15, 0.2) is 5.96 Å². The third kappa shape index (κ3) is 6.66. The molecule has 0 aliphatic heterocycles. The summed E-state index contributed by atoms with van der Waals surface area (Å²) < 4.78 is 10.9. The van der Waals surface area contributed by atoms with E-state index in [1.807, 2.05) is 38.1 Å². The van der Waals surface area contributed by atoms with Crippen LogP contribution in [0.15, 0.2) is 39.9 Å². The lowest BCUT2D eigenvalue weighted by Gasteiger charge is -2.24. The maximum atomic E-state index is 5.56. The van der Waals surface area contributed by atoms with E-state index in [9.17, 15) is 0 Å². The van der Waals surface area contributed by atoms with Gasteiger partial charge >= 0.3 is 0 Å². The molecule has 138 valence electrons. The molecule has 0 atom stereocenters. The Hall–Kier alpha value is -1.61. The van der Waals surface area contributed by atoms with Gasteiger partial charge in [-0.3, -0.25) is 4.99 Å². The fraction of sp³-hybridized carbons (Fsp3) is 0.444. The fourth-order valence-corrected chi connectivity index (χ4v) is 1.98. The number of guanidine groups is 1. The third-order valence-corrected chi connectivity index (χ3v) is 3.74. The van der Waals surface area contributed by atoms with Gasteiger partial charge in [0, 0.05) is 26.3 Å². The Kier molecular flexibility index (Phi) is 8.37. The summed E-state index contributed by atoms with van der Waals surface area (Å²) in [4.78, 5) is 8.70. The molecule has 1 aromatic carbocycles. The molecule has 25 heavy (non-hydrogen) atoms. The Morgan fingerprint density at radius 1 is 1.24 bits per heavy atom. The lowest BCUT2D eigenvalue weighted by Crippen LogP contribution is -2.45. The Morgan fingerprint density at radius 3 is 2.52 bits per heavy atom. The minimum atomic E-state index is -0.260. The van der Waals surface area contributed by atoms with Gasteiger partial charge < -0.3 is 19.8 Å². The Bertz CT molecular complexity index is 681. The van der Waals surface area contributed by atoms with E-state index in [0.717, 1.165) is 11.3 Å². The summed E-state index contributed by atoms with van der Waals surface area (Å²) in [6.45, 7) is 7.26. The van der Waals surface area contributed by atoms with Crippen molar-refractivity contribution in [1.82, 2.24) is 15.6 Å². The molecule has 2 aromatic rings. The van der Waals surface area contributed by atoms with Crippen LogP contribution in [-0.4, -0.2) is 37.2 Å². The highest BCUT2D eigenvalue weighted by Gasteiger charge is 2.16. The predicted octanol–water partition coefficient (Wildman–Crippen LogP) is 3.36. The number of benzene rings is 1. The summed E-state index contributed by atoms with van der Waals surface area (Å²) in [6.07, 6.45) is 1.66. The first-order valence-electron chi connectivity index (χ1n) is 7.94. The number of ether oxygens (including phenoxy) is 1. The van der Waals surface area contributed by atoms with Crippen LogP contribution in [0.2, 0.25) is 0 Å². The van der Waals surface area contributed by atoms with Crippen LogP contribution >= 0.6 is 24.0 Å². The van der Waals surface area contributed by atoms with E-state index in [4.69, 9.17) is 9.15 Å². The second-order valence-electron chi connectivity index (χ2n) is 6.25. The summed E-state index contributed by atoms with van der Waals surface area (Å²) in [6, 6.07) is 8.10. The standard InChI is InChI=1S/C18H26N4O2.HI/c1-13-6-8-14(9-7-13)16-22-15(11-24-16)10-20-17(19-4)21-12-18(2,3)23-5;/h6-9,11H,10,12H2,1-5H3,(H2,19,20,21);1H. The first kappa shape index (κ1) is 21.4. The number of nitrogens with one attached hydrogen (secondary N) is 2. The first-order valence-corrected chi connectivity index (χ1v) is 7.94. The van der Waals surface area contributed by atoms with Crippen LogP contribution < -0.4 is 10.6 Å². The average molecular weight is 458 g/mol. The first-order chi connectivity index (χ1) is 11.4. The average Bonchev–Trinajstić information content (AvgIpc) is 3.04. The van der Waals surface area contributed by atoms with Crippen molar-refractivity contribution in [3.05, 3.63) is 41.8 Å². The number of aromatic nitrogens is 1. The number of aryl methyl sites for hydroxylation is 1. The van der Waals surface area contributed by atoms with Crippen LogP contribution in [-0.2, 0) is 11.3 Å². The minimum Gasteiger partial charge on any atom is -0.444 e. The van der Waals surface area contributed by atoms with Gasteiger partial charge in [-0.15, -0.1) is 24.0 Å². The maximum absolute atomic E-state index is 5.56. The van der Waals surface area contributed by atoms with Gasteiger partial charge in [0.2, 0.25) is 5.89 Å². The quantitative estimate of drug-likeness (QED) is 0.395. The van der Waals surface area contributed by atoms with E-state index >= 15 is 0 Å². The molecule has 0 saturated heterocycles. The maximum Gasteiger partial charge on any atom is 0.226 e. The lowest BCUT2D eigenvalue weighted by atomic mass is 10.1. The van der Waals surface area contributed by atoms with Crippen molar-refractivity contribution in [3.8, 4) is 11.5 Å². The van der Waals surface area contributed by atoms with Gasteiger partial charge in [-0.25, -0.2) is 4.98 Å². The molecule has 6 nitrogen and oxygen atoms in total. The third-order valence-electron chi connectivity index (χ3n) is 3.74. The molecule has 1 heterocycles. The molecule has 0 amide bonds. The molecule has 0 fully saturated rings. The van der Waals surface area contributed by atoms with Crippen molar-refractivity contribution < 1.29 is 9.15 Å². The molecule has 7 heteroatoms. The summed E-state index contributed by atoms with van der Waals surface area (Å²) in [7, 11) is 3.43. The predicted molar refractivity (Wildman–Crippen MR) is 111 cm³/mol. The molecule has 0 bridgehead atoms. The van der Waals surface area contributed by atoms with Crippen molar-refractivity contribution in [3.63, 3.8) is 0 Å². The van der Waals surface area contributed by atoms with Crippen molar-refractivity contribution >= 4 is 29.9 Å². The van der Waals surface area contributed by atoms with E-state index < -0.39 is 0 Å². The zero-order valence-corrected chi connectivity index (χ0v) is 17.8. The Labute approximate surface area is 166 Å². The molecular formula is C18H27IN4O2. The van der Waals surface area contributed by atoms with Crippen LogP contribution in [0.4, 0.5) is 0 Å². The highest BCUT2D eigenvalue weighted by atomic mass is 127. The largest absolute Gasteiger partial charge is 0.444 e. The number of methoxy groups -OCH3 is 1. The highest BCUT2D eigenvalue weighted by Crippen LogP contribution is 2.18. The van der Waals surface area contributed by atoms with Gasteiger partial charge in [-0.05, 0) is 32.9 Å². The van der Waals surface area contributed by atoms with Crippen LogP contribution in [0.5, 0.6) is 0 Å². The number of hydrogen-bond donors (Lipinski definition) is 2. The van der Waals surface area contributed by atoms with Crippen LogP contribution in [0, 0.1) is 6.92 Å². The second-order valence-corrected chi connectivity index (χ2v) is 6.25. The Balaban J connectivity index is 0.00000312. The normalized spacial score (nSPS) is 11.8. The van der Waals surface area contributed by atoms with Gasteiger partial charge in [0.25, 0.3) is 0 Å². The van der Waals surface area contributed by atoms with E-state index in [1.54, 1.807) is 20.4 Å². The molecule has 0 aliphatic rings. The van der Waals surface area contributed by atoms with Gasteiger partial charge in [-0.1, -0.05) is 17.7 Å². The smallest absolute Gasteiger partial charge is 0.226 e. The number of halogens is 1. The van der Waals surface area contributed by atoms with Crippen LogP contribution in [0.1, 0.15) is 25.1 Å². The molecule has 0 saturated carbocycles. The monoisotopic (exact) mass is 458 g/mol. The van der Waals surface area contributed by atoms with Crippen molar-refractivity contribution in [1.29, 1.82) is 0 Å². The van der Waals surface area contributed by atoms with Gasteiger partial charge in [0.05, 0.1) is 17.8 Å². The summed E-state index contributed by atoms with van der Waals surface area (Å²) >= 11 is 0. The van der Waals surface area contributed by atoms with E-state index in [1.165, 1.54) is 5.56 Å². The van der Waals surface area contributed by atoms with Gasteiger partial charge in [0.1, 0.15) is 6.26 Å². The number of nitrogens with zero attached hydrogens (tertiary/aromatic N) is 2. The summed E-state index contributed by atoms with van der Waals surface area (Å²) in [5.41, 5.74) is 2.74.